The lowest BCUT2D eigenvalue weighted by atomic mass is 10.0. The van der Waals surface area contributed by atoms with Gasteiger partial charge in [-0.15, -0.1) is 11.3 Å². The minimum Gasteiger partial charge on any atom is -0.346 e. The number of urea groups is 1. The van der Waals surface area contributed by atoms with Crippen LogP contribution in [0.3, 0.4) is 0 Å². The van der Waals surface area contributed by atoms with E-state index in [0.717, 1.165) is 50.8 Å². The average molecular weight is 352 g/mol. The van der Waals surface area contributed by atoms with E-state index in [1.54, 1.807) is 11.3 Å². The molecule has 134 valence electrons. The maximum atomic E-state index is 12.5. The van der Waals surface area contributed by atoms with Crippen LogP contribution in [0.15, 0.2) is 11.6 Å². The summed E-state index contributed by atoms with van der Waals surface area (Å²) < 4.78 is 0. The number of thiazole rings is 1. The quantitative estimate of drug-likeness (QED) is 0.904. The summed E-state index contributed by atoms with van der Waals surface area (Å²) in [6.07, 6.45) is 6.61. The van der Waals surface area contributed by atoms with Crippen LogP contribution in [0.5, 0.6) is 0 Å². The van der Waals surface area contributed by atoms with Crippen LogP contribution in [-0.4, -0.2) is 72.7 Å². The fraction of sp³-hybridized carbons (Fsp3) is 0.765. The molecule has 2 fully saturated rings. The first-order valence-corrected chi connectivity index (χ1v) is 10.1. The highest BCUT2D eigenvalue weighted by Crippen LogP contribution is 2.19. The van der Waals surface area contributed by atoms with E-state index in [2.05, 4.69) is 27.0 Å². The molecule has 1 aromatic rings. The number of rotatable bonds is 4. The van der Waals surface area contributed by atoms with E-state index < -0.39 is 0 Å². The zero-order valence-electron chi connectivity index (χ0n) is 14.6. The average Bonchev–Trinajstić information content (AvgIpc) is 3.04. The molecule has 0 aliphatic carbocycles. The van der Waals surface area contributed by atoms with Crippen molar-refractivity contribution in [2.75, 3.05) is 50.7 Å². The molecule has 0 spiro atoms. The second kappa shape index (κ2) is 8.67. The predicted molar refractivity (Wildman–Crippen MR) is 98.8 cm³/mol. The van der Waals surface area contributed by atoms with Crippen molar-refractivity contribution in [2.45, 2.75) is 38.6 Å². The molecule has 1 N–H and O–H groups in total. The van der Waals surface area contributed by atoms with Crippen molar-refractivity contribution in [3.05, 3.63) is 11.6 Å². The van der Waals surface area contributed by atoms with Crippen LogP contribution >= 0.6 is 11.3 Å². The van der Waals surface area contributed by atoms with Gasteiger partial charge in [-0.1, -0.05) is 13.3 Å². The van der Waals surface area contributed by atoms with Crippen molar-refractivity contribution in [1.82, 2.24) is 20.1 Å². The maximum Gasteiger partial charge on any atom is 0.317 e. The number of carbonyl (C=O) groups is 1. The van der Waals surface area contributed by atoms with E-state index in [1.165, 1.54) is 25.8 Å². The van der Waals surface area contributed by atoms with Gasteiger partial charge in [0.05, 0.1) is 0 Å². The van der Waals surface area contributed by atoms with Crippen molar-refractivity contribution < 1.29 is 4.79 Å². The Kier molecular flexibility index (Phi) is 6.31. The molecular weight excluding hydrogens is 322 g/mol. The molecule has 0 saturated carbocycles. The van der Waals surface area contributed by atoms with Gasteiger partial charge in [-0.2, -0.15) is 0 Å². The third-order valence-corrected chi connectivity index (χ3v) is 5.95. The molecule has 2 aliphatic rings. The third kappa shape index (κ3) is 4.39. The molecule has 7 heteroatoms. The fourth-order valence-electron chi connectivity index (χ4n) is 3.71. The molecule has 1 aromatic heterocycles. The molecular formula is C17H29N5OS. The fourth-order valence-corrected chi connectivity index (χ4v) is 4.41. The van der Waals surface area contributed by atoms with Crippen molar-refractivity contribution in [3.63, 3.8) is 0 Å². The lowest BCUT2D eigenvalue weighted by Crippen LogP contribution is -2.50. The van der Waals surface area contributed by atoms with Gasteiger partial charge in [0.1, 0.15) is 0 Å². The van der Waals surface area contributed by atoms with Gasteiger partial charge >= 0.3 is 6.03 Å². The number of nitrogens with one attached hydrogen (secondary N) is 1. The highest BCUT2D eigenvalue weighted by atomic mass is 32.1. The molecule has 24 heavy (non-hydrogen) atoms. The maximum absolute atomic E-state index is 12.5. The van der Waals surface area contributed by atoms with Gasteiger partial charge in [-0.25, -0.2) is 9.78 Å². The Labute approximate surface area is 148 Å². The van der Waals surface area contributed by atoms with E-state index in [9.17, 15) is 4.79 Å². The van der Waals surface area contributed by atoms with Crippen LogP contribution in [0.4, 0.5) is 9.93 Å². The van der Waals surface area contributed by atoms with Crippen LogP contribution < -0.4 is 10.2 Å². The number of carbonyl (C=O) groups excluding carboxylic acids is 1. The topological polar surface area (TPSA) is 51.7 Å². The molecule has 0 radical (unpaired) electrons. The molecule has 2 saturated heterocycles. The van der Waals surface area contributed by atoms with Crippen LogP contribution in [0.1, 0.15) is 32.6 Å². The number of piperidine rings is 1. The van der Waals surface area contributed by atoms with Gasteiger partial charge in [0.25, 0.3) is 0 Å². The van der Waals surface area contributed by atoms with E-state index >= 15 is 0 Å². The zero-order valence-corrected chi connectivity index (χ0v) is 15.4. The van der Waals surface area contributed by atoms with Crippen LogP contribution in [0.25, 0.3) is 0 Å². The van der Waals surface area contributed by atoms with Crippen molar-refractivity contribution >= 4 is 22.5 Å². The van der Waals surface area contributed by atoms with E-state index in [0.29, 0.717) is 6.04 Å². The number of nitrogens with zero attached hydrogens (tertiary/aromatic N) is 4. The first kappa shape index (κ1) is 17.5. The first-order valence-electron chi connectivity index (χ1n) is 9.19. The SMILES string of the molecule is CCN1CCCCC1CNC(=O)N1CCCN(c2nccs2)CC1. The summed E-state index contributed by atoms with van der Waals surface area (Å²) in [5.41, 5.74) is 0. The molecule has 2 aliphatic heterocycles. The lowest BCUT2D eigenvalue weighted by Gasteiger charge is -2.35. The predicted octanol–water partition coefficient (Wildman–Crippen LogP) is 2.24. The van der Waals surface area contributed by atoms with Crippen LogP contribution in [-0.2, 0) is 0 Å². The molecule has 0 bridgehead atoms. The number of likely N-dealkylation sites (tertiary alicyclic amines) is 1. The summed E-state index contributed by atoms with van der Waals surface area (Å²) in [4.78, 5) is 23.7. The summed E-state index contributed by atoms with van der Waals surface area (Å²) >= 11 is 1.67. The van der Waals surface area contributed by atoms with E-state index in [4.69, 9.17) is 0 Å². The Hall–Kier alpha value is -1.34. The lowest BCUT2D eigenvalue weighted by molar-refractivity contribution is 0.148. The second-order valence-electron chi connectivity index (χ2n) is 6.61. The van der Waals surface area contributed by atoms with Gasteiger partial charge in [0.2, 0.25) is 0 Å². The number of hydrogen-bond acceptors (Lipinski definition) is 5. The number of anilines is 1. The number of likely N-dealkylation sites (N-methyl/N-ethyl adjacent to an activating group) is 1. The molecule has 6 nitrogen and oxygen atoms in total. The molecule has 1 atom stereocenters. The van der Waals surface area contributed by atoms with E-state index in [1.807, 2.05) is 16.5 Å². The van der Waals surface area contributed by atoms with Crippen molar-refractivity contribution in [1.29, 1.82) is 0 Å². The molecule has 3 heterocycles. The molecule has 3 rings (SSSR count). The summed E-state index contributed by atoms with van der Waals surface area (Å²) in [5.74, 6) is 0. The van der Waals surface area contributed by atoms with Gasteiger partial charge in [-0.05, 0) is 32.4 Å². The molecule has 1 unspecified atom stereocenters. The monoisotopic (exact) mass is 351 g/mol. The van der Waals surface area contributed by atoms with E-state index in [-0.39, 0.29) is 6.03 Å². The Bertz CT molecular complexity index is 509. The highest BCUT2D eigenvalue weighted by Gasteiger charge is 2.24. The number of amides is 2. The largest absolute Gasteiger partial charge is 0.346 e. The van der Waals surface area contributed by atoms with Crippen LogP contribution in [0, 0.1) is 0 Å². The first-order chi connectivity index (χ1) is 11.8. The molecule has 0 aromatic carbocycles. The summed E-state index contributed by atoms with van der Waals surface area (Å²) in [6, 6.07) is 0.601. The highest BCUT2D eigenvalue weighted by molar-refractivity contribution is 7.13. The van der Waals surface area contributed by atoms with Crippen molar-refractivity contribution in [2.24, 2.45) is 0 Å². The normalized spacial score (nSPS) is 23.1. The van der Waals surface area contributed by atoms with Gasteiger partial charge < -0.3 is 15.1 Å². The van der Waals surface area contributed by atoms with Gasteiger partial charge in [0, 0.05) is 50.3 Å². The summed E-state index contributed by atoms with van der Waals surface area (Å²) in [5, 5.41) is 6.25. The Morgan fingerprint density at radius 2 is 2.17 bits per heavy atom. The minimum absolute atomic E-state index is 0.0950. The van der Waals surface area contributed by atoms with Crippen LogP contribution in [0.2, 0.25) is 0 Å². The molecule has 2 amide bonds. The minimum atomic E-state index is 0.0950. The Balaban J connectivity index is 1.46. The third-order valence-electron chi connectivity index (χ3n) is 5.12. The second-order valence-corrected chi connectivity index (χ2v) is 7.48. The number of aromatic nitrogens is 1. The van der Waals surface area contributed by atoms with Crippen molar-refractivity contribution in [3.8, 4) is 0 Å². The summed E-state index contributed by atoms with van der Waals surface area (Å²) in [7, 11) is 0. The number of hydrogen-bond donors (Lipinski definition) is 1. The standard InChI is InChI=1S/C17H29N5OS/c1-2-20-8-4-3-6-15(20)14-19-16(23)21-9-5-10-22(12-11-21)17-18-7-13-24-17/h7,13,15H,2-6,8-12,14H2,1H3,(H,19,23). The smallest absolute Gasteiger partial charge is 0.317 e. The Morgan fingerprint density at radius 1 is 1.25 bits per heavy atom. The summed E-state index contributed by atoms with van der Waals surface area (Å²) in [6.45, 7) is 8.68. The zero-order chi connectivity index (χ0) is 16.8. The Morgan fingerprint density at radius 3 is 2.96 bits per heavy atom. The van der Waals surface area contributed by atoms with Gasteiger partial charge in [-0.3, -0.25) is 4.90 Å². The van der Waals surface area contributed by atoms with Gasteiger partial charge in [0.15, 0.2) is 5.13 Å².